The molecule has 0 unspecified atom stereocenters. The van der Waals surface area contributed by atoms with Crippen molar-refractivity contribution in [2.45, 2.75) is 44.6 Å². The first-order valence-electron chi connectivity index (χ1n) is 10.4. The van der Waals surface area contributed by atoms with Crippen LogP contribution in [-0.2, 0) is 21.9 Å². The third kappa shape index (κ3) is 3.59. The Kier molecular flexibility index (Phi) is 5.26. The largest absolute Gasteiger partial charge is 0.307 e. The molecule has 1 amide bonds. The lowest BCUT2D eigenvalue weighted by Gasteiger charge is -2.52. The number of anilines is 1. The fraction of sp³-hybridized carbons (Fsp3) is 0.789. The number of carbonyl (C=O) groups is 1. The van der Waals surface area contributed by atoms with E-state index in [9.17, 15) is 13.2 Å². The average molecular weight is 410 g/mol. The Hall–Kier alpha value is -1.45. The van der Waals surface area contributed by atoms with Gasteiger partial charge in [0.05, 0.1) is 17.6 Å². The van der Waals surface area contributed by atoms with Gasteiger partial charge in [-0.1, -0.05) is 6.92 Å². The van der Waals surface area contributed by atoms with Gasteiger partial charge in [-0.05, 0) is 38.0 Å². The SMILES string of the molecule is CCCS(=O)(=O)N1CCC2(CC1)C(=O)N(c1cnn(C)c1)CCN2CC1CC1. The van der Waals surface area contributed by atoms with Gasteiger partial charge in [0, 0.05) is 46.0 Å². The molecule has 8 nitrogen and oxygen atoms in total. The van der Waals surface area contributed by atoms with Crippen LogP contribution in [0.2, 0.25) is 0 Å². The summed E-state index contributed by atoms with van der Waals surface area (Å²) in [7, 11) is -1.37. The molecular formula is C19H31N5O3S. The van der Waals surface area contributed by atoms with Crippen LogP contribution in [0.1, 0.15) is 39.0 Å². The Labute approximate surface area is 167 Å². The van der Waals surface area contributed by atoms with Gasteiger partial charge in [-0.15, -0.1) is 0 Å². The van der Waals surface area contributed by atoms with E-state index >= 15 is 0 Å². The lowest BCUT2D eigenvalue weighted by molar-refractivity contribution is -0.137. The number of hydrogen-bond donors (Lipinski definition) is 0. The number of carbonyl (C=O) groups excluding carboxylic acids is 1. The molecule has 1 aromatic heterocycles. The van der Waals surface area contributed by atoms with Gasteiger partial charge in [-0.3, -0.25) is 14.4 Å². The van der Waals surface area contributed by atoms with E-state index < -0.39 is 15.6 Å². The summed E-state index contributed by atoms with van der Waals surface area (Å²) >= 11 is 0. The quantitative estimate of drug-likeness (QED) is 0.702. The molecule has 1 aromatic rings. The molecule has 0 bridgehead atoms. The molecule has 1 saturated carbocycles. The molecule has 0 aromatic carbocycles. The van der Waals surface area contributed by atoms with Crippen LogP contribution in [0.5, 0.6) is 0 Å². The molecule has 4 rings (SSSR count). The molecule has 28 heavy (non-hydrogen) atoms. The van der Waals surface area contributed by atoms with Crippen molar-refractivity contribution in [3.05, 3.63) is 12.4 Å². The molecular weight excluding hydrogens is 378 g/mol. The van der Waals surface area contributed by atoms with Gasteiger partial charge >= 0.3 is 0 Å². The van der Waals surface area contributed by atoms with Gasteiger partial charge in [0.15, 0.2) is 0 Å². The van der Waals surface area contributed by atoms with E-state index in [1.807, 2.05) is 25.1 Å². The summed E-state index contributed by atoms with van der Waals surface area (Å²) in [6.45, 7) is 5.19. The molecule has 1 spiro atoms. The standard InChI is InChI=1S/C19H31N5O3S/c1-3-12-28(26,27)23-8-6-19(7-9-23)18(25)24(17-13-20-21(2)15-17)11-10-22(19)14-16-4-5-16/h13,15-16H,3-12,14H2,1-2H3. The van der Waals surface area contributed by atoms with Crippen LogP contribution in [-0.4, -0.2) is 77.3 Å². The van der Waals surface area contributed by atoms with Crippen molar-refractivity contribution in [1.82, 2.24) is 19.0 Å². The van der Waals surface area contributed by atoms with Crippen LogP contribution in [0.3, 0.4) is 0 Å². The highest BCUT2D eigenvalue weighted by Crippen LogP contribution is 2.40. The number of rotatable bonds is 6. The van der Waals surface area contributed by atoms with E-state index in [1.54, 1.807) is 15.2 Å². The summed E-state index contributed by atoms with van der Waals surface area (Å²) in [5, 5.41) is 4.22. The van der Waals surface area contributed by atoms with E-state index in [0.717, 1.165) is 18.8 Å². The topological polar surface area (TPSA) is 78.8 Å². The van der Waals surface area contributed by atoms with Crippen LogP contribution >= 0.6 is 0 Å². The molecule has 2 aliphatic heterocycles. The summed E-state index contributed by atoms with van der Waals surface area (Å²) in [4.78, 5) is 17.9. The number of amides is 1. The first-order chi connectivity index (χ1) is 13.4. The molecule has 0 radical (unpaired) electrons. The Morgan fingerprint density at radius 1 is 1.18 bits per heavy atom. The lowest BCUT2D eigenvalue weighted by atomic mass is 9.82. The van der Waals surface area contributed by atoms with E-state index in [1.165, 1.54) is 12.8 Å². The minimum Gasteiger partial charge on any atom is -0.307 e. The molecule has 1 aliphatic carbocycles. The van der Waals surface area contributed by atoms with Crippen LogP contribution in [0, 0.1) is 5.92 Å². The first-order valence-corrected chi connectivity index (χ1v) is 12.0. The smallest absolute Gasteiger partial charge is 0.247 e. The number of piperazine rings is 1. The maximum Gasteiger partial charge on any atom is 0.247 e. The number of piperidine rings is 1. The molecule has 3 fully saturated rings. The molecule has 156 valence electrons. The zero-order valence-electron chi connectivity index (χ0n) is 16.9. The summed E-state index contributed by atoms with van der Waals surface area (Å²) in [5.41, 5.74) is 0.244. The summed E-state index contributed by atoms with van der Waals surface area (Å²) < 4.78 is 28.3. The van der Waals surface area contributed by atoms with Crippen molar-refractivity contribution in [2.75, 3.05) is 43.4 Å². The van der Waals surface area contributed by atoms with Gasteiger partial charge < -0.3 is 4.90 Å². The minimum atomic E-state index is -3.22. The molecule has 0 atom stereocenters. The average Bonchev–Trinajstić information content (AvgIpc) is 3.38. The maximum atomic E-state index is 13.7. The Bertz CT molecular complexity index is 824. The fourth-order valence-corrected chi connectivity index (χ4v) is 6.16. The minimum absolute atomic E-state index is 0.111. The van der Waals surface area contributed by atoms with Gasteiger partial charge in [-0.2, -0.15) is 5.10 Å². The number of aryl methyl sites for hydroxylation is 1. The molecule has 0 N–H and O–H groups in total. The second-order valence-corrected chi connectivity index (χ2v) is 10.6. The first kappa shape index (κ1) is 19.8. The van der Waals surface area contributed by atoms with Crippen LogP contribution in [0.4, 0.5) is 5.69 Å². The zero-order chi connectivity index (χ0) is 19.9. The third-order valence-corrected chi connectivity index (χ3v) is 8.50. The number of sulfonamides is 1. The van der Waals surface area contributed by atoms with Crippen molar-refractivity contribution < 1.29 is 13.2 Å². The molecule has 9 heteroatoms. The Morgan fingerprint density at radius 2 is 1.89 bits per heavy atom. The summed E-state index contributed by atoms with van der Waals surface area (Å²) in [5.74, 6) is 0.984. The summed E-state index contributed by atoms with van der Waals surface area (Å²) in [6.07, 6.45) is 7.85. The van der Waals surface area contributed by atoms with Gasteiger partial charge in [-0.25, -0.2) is 12.7 Å². The van der Waals surface area contributed by atoms with Crippen LogP contribution in [0.25, 0.3) is 0 Å². The lowest BCUT2D eigenvalue weighted by Crippen LogP contribution is -2.69. The van der Waals surface area contributed by atoms with Crippen molar-refractivity contribution >= 4 is 21.6 Å². The normalized spacial score (nSPS) is 24.2. The second kappa shape index (κ2) is 7.42. The highest BCUT2D eigenvalue weighted by molar-refractivity contribution is 7.89. The number of nitrogens with zero attached hydrogens (tertiary/aromatic N) is 5. The van der Waals surface area contributed by atoms with E-state index in [-0.39, 0.29) is 11.7 Å². The van der Waals surface area contributed by atoms with Gasteiger partial charge in [0.25, 0.3) is 0 Å². The summed E-state index contributed by atoms with van der Waals surface area (Å²) in [6, 6.07) is 0. The zero-order valence-corrected chi connectivity index (χ0v) is 17.7. The van der Waals surface area contributed by atoms with Crippen LogP contribution in [0.15, 0.2) is 12.4 Å². The Balaban J connectivity index is 1.57. The monoisotopic (exact) mass is 409 g/mol. The van der Waals surface area contributed by atoms with Crippen molar-refractivity contribution in [3.63, 3.8) is 0 Å². The maximum absolute atomic E-state index is 13.7. The molecule has 3 heterocycles. The van der Waals surface area contributed by atoms with Gasteiger partial charge in [0.1, 0.15) is 5.54 Å². The Morgan fingerprint density at radius 3 is 2.46 bits per heavy atom. The molecule has 3 aliphatic rings. The predicted octanol–water partition coefficient (Wildman–Crippen LogP) is 1.05. The highest BCUT2D eigenvalue weighted by Gasteiger charge is 2.52. The second-order valence-electron chi connectivity index (χ2n) is 8.47. The third-order valence-electron chi connectivity index (χ3n) is 6.43. The fourth-order valence-electron chi connectivity index (χ4n) is 4.65. The molecule has 2 saturated heterocycles. The highest BCUT2D eigenvalue weighted by atomic mass is 32.2. The van der Waals surface area contributed by atoms with E-state index in [2.05, 4.69) is 10.00 Å². The van der Waals surface area contributed by atoms with Crippen molar-refractivity contribution in [2.24, 2.45) is 13.0 Å². The van der Waals surface area contributed by atoms with Gasteiger partial charge in [0.2, 0.25) is 15.9 Å². The van der Waals surface area contributed by atoms with Crippen LogP contribution < -0.4 is 4.90 Å². The predicted molar refractivity (Wildman–Crippen MR) is 107 cm³/mol. The number of hydrogen-bond acceptors (Lipinski definition) is 5. The van der Waals surface area contributed by atoms with E-state index in [4.69, 9.17) is 0 Å². The van der Waals surface area contributed by atoms with Crippen molar-refractivity contribution in [3.8, 4) is 0 Å². The number of aromatic nitrogens is 2. The van der Waals surface area contributed by atoms with E-state index in [0.29, 0.717) is 44.8 Å². The van der Waals surface area contributed by atoms with Crippen molar-refractivity contribution in [1.29, 1.82) is 0 Å².